The summed E-state index contributed by atoms with van der Waals surface area (Å²) in [7, 11) is 0. The van der Waals surface area contributed by atoms with E-state index in [1.807, 2.05) is 11.0 Å². The van der Waals surface area contributed by atoms with Gasteiger partial charge < -0.3 is 4.90 Å². The van der Waals surface area contributed by atoms with Crippen molar-refractivity contribution >= 4 is 11.6 Å². The van der Waals surface area contributed by atoms with E-state index in [1.54, 1.807) is 0 Å². The molecular weight excluding hydrogens is 186 g/mol. The molecule has 2 aliphatic rings. The van der Waals surface area contributed by atoms with Gasteiger partial charge in [0, 0.05) is 18.7 Å². The van der Waals surface area contributed by atoms with E-state index in [2.05, 4.69) is 18.2 Å². The van der Waals surface area contributed by atoms with Crippen molar-refractivity contribution in [3.05, 3.63) is 29.8 Å². The van der Waals surface area contributed by atoms with Gasteiger partial charge in [-0.25, -0.2) is 0 Å². The molecule has 78 valence electrons. The second-order valence-electron chi connectivity index (χ2n) is 4.48. The Labute approximate surface area is 89.9 Å². The van der Waals surface area contributed by atoms with Crippen LogP contribution in [0.5, 0.6) is 0 Å². The quantitative estimate of drug-likeness (QED) is 0.720. The number of benzene rings is 1. The number of nitrogens with zero attached hydrogens (tertiary/aromatic N) is 1. The minimum absolute atomic E-state index is 0.295. The van der Waals surface area contributed by atoms with E-state index >= 15 is 0 Å². The summed E-state index contributed by atoms with van der Waals surface area (Å²) in [5.74, 6) is 1.01. The molecule has 3 rings (SSSR count). The normalized spacial score (nSPS) is 21.1. The SMILES string of the molecule is O=C1CCCN1c1ccccc1C1CC1. The topological polar surface area (TPSA) is 20.3 Å². The molecule has 15 heavy (non-hydrogen) atoms. The van der Waals surface area contributed by atoms with Gasteiger partial charge in [0.1, 0.15) is 0 Å². The van der Waals surface area contributed by atoms with Crippen molar-refractivity contribution in [3.63, 3.8) is 0 Å². The molecule has 1 heterocycles. The molecule has 1 aromatic carbocycles. The highest BCUT2D eigenvalue weighted by Crippen LogP contribution is 2.44. The van der Waals surface area contributed by atoms with Gasteiger partial charge in [-0.3, -0.25) is 4.79 Å². The summed E-state index contributed by atoms with van der Waals surface area (Å²) >= 11 is 0. The third kappa shape index (κ3) is 1.54. The Morgan fingerprint density at radius 3 is 2.67 bits per heavy atom. The van der Waals surface area contributed by atoms with Crippen molar-refractivity contribution in [2.75, 3.05) is 11.4 Å². The van der Waals surface area contributed by atoms with Crippen molar-refractivity contribution in [3.8, 4) is 0 Å². The molecule has 2 heteroatoms. The summed E-state index contributed by atoms with van der Waals surface area (Å²) in [4.78, 5) is 13.7. The zero-order valence-corrected chi connectivity index (χ0v) is 8.78. The van der Waals surface area contributed by atoms with Crippen molar-refractivity contribution in [2.45, 2.75) is 31.6 Å². The van der Waals surface area contributed by atoms with Crippen LogP contribution in [-0.2, 0) is 4.79 Å². The number of anilines is 1. The first-order valence-corrected chi connectivity index (χ1v) is 5.75. The van der Waals surface area contributed by atoms with Gasteiger partial charge in [-0.2, -0.15) is 0 Å². The first kappa shape index (κ1) is 8.96. The van der Waals surface area contributed by atoms with Crippen molar-refractivity contribution < 1.29 is 4.79 Å². The Morgan fingerprint density at radius 1 is 1.20 bits per heavy atom. The van der Waals surface area contributed by atoms with E-state index in [9.17, 15) is 4.79 Å². The lowest BCUT2D eigenvalue weighted by atomic mass is 10.1. The first-order valence-electron chi connectivity index (χ1n) is 5.75. The molecule has 2 fully saturated rings. The highest BCUT2D eigenvalue weighted by Gasteiger charge is 2.30. The maximum absolute atomic E-state index is 11.7. The van der Waals surface area contributed by atoms with Crippen LogP contribution >= 0.6 is 0 Å². The minimum Gasteiger partial charge on any atom is -0.312 e. The lowest BCUT2D eigenvalue weighted by Crippen LogP contribution is -2.24. The highest BCUT2D eigenvalue weighted by molar-refractivity contribution is 5.96. The molecule has 0 unspecified atom stereocenters. The fourth-order valence-electron chi connectivity index (χ4n) is 2.38. The predicted octanol–water partition coefficient (Wildman–Crippen LogP) is 2.69. The number of carbonyl (C=O) groups excluding carboxylic acids is 1. The number of amides is 1. The summed E-state index contributed by atoms with van der Waals surface area (Å²) in [5, 5.41) is 0. The molecule has 0 radical (unpaired) electrons. The van der Waals surface area contributed by atoms with Crippen LogP contribution in [0.3, 0.4) is 0 Å². The van der Waals surface area contributed by atoms with E-state index in [4.69, 9.17) is 0 Å². The van der Waals surface area contributed by atoms with Gasteiger partial charge in [0.2, 0.25) is 5.91 Å². The molecule has 1 aliphatic heterocycles. The van der Waals surface area contributed by atoms with Crippen LogP contribution in [0.1, 0.15) is 37.2 Å². The summed E-state index contributed by atoms with van der Waals surface area (Å²) in [6.07, 6.45) is 4.31. The third-order valence-corrected chi connectivity index (χ3v) is 3.32. The van der Waals surface area contributed by atoms with Crippen LogP contribution in [0, 0.1) is 0 Å². The highest BCUT2D eigenvalue weighted by atomic mass is 16.2. The average molecular weight is 201 g/mol. The molecule has 0 N–H and O–H groups in total. The van der Waals surface area contributed by atoms with E-state index in [-0.39, 0.29) is 0 Å². The molecule has 1 saturated heterocycles. The number of rotatable bonds is 2. The lowest BCUT2D eigenvalue weighted by molar-refractivity contribution is -0.117. The largest absolute Gasteiger partial charge is 0.312 e. The fraction of sp³-hybridized carbons (Fsp3) is 0.462. The van der Waals surface area contributed by atoms with Gasteiger partial charge in [0.05, 0.1) is 0 Å². The zero-order chi connectivity index (χ0) is 10.3. The molecule has 0 bridgehead atoms. The summed E-state index contributed by atoms with van der Waals surface area (Å²) in [6, 6.07) is 8.39. The molecule has 2 nitrogen and oxygen atoms in total. The van der Waals surface area contributed by atoms with Crippen molar-refractivity contribution in [1.29, 1.82) is 0 Å². The van der Waals surface area contributed by atoms with Crippen LogP contribution in [-0.4, -0.2) is 12.5 Å². The Balaban J connectivity index is 1.98. The standard InChI is InChI=1S/C13H15NO/c15-13-6-3-9-14(13)12-5-2-1-4-11(12)10-7-8-10/h1-2,4-5,10H,3,6-9H2. The molecule has 1 aromatic rings. The molecule has 1 amide bonds. The maximum atomic E-state index is 11.7. The number of carbonyl (C=O) groups is 1. The summed E-state index contributed by atoms with van der Waals surface area (Å²) < 4.78 is 0. The Bertz CT molecular complexity index is 395. The van der Waals surface area contributed by atoms with Gasteiger partial charge in [-0.05, 0) is 36.8 Å². The van der Waals surface area contributed by atoms with E-state index in [1.165, 1.54) is 24.1 Å². The van der Waals surface area contributed by atoms with Crippen molar-refractivity contribution in [2.24, 2.45) is 0 Å². The zero-order valence-electron chi connectivity index (χ0n) is 8.78. The van der Waals surface area contributed by atoms with Gasteiger partial charge in [0.25, 0.3) is 0 Å². The maximum Gasteiger partial charge on any atom is 0.227 e. The molecule has 1 saturated carbocycles. The monoisotopic (exact) mass is 201 g/mol. The molecule has 0 spiro atoms. The third-order valence-electron chi connectivity index (χ3n) is 3.32. The molecule has 0 aromatic heterocycles. The van der Waals surface area contributed by atoms with Gasteiger partial charge in [-0.1, -0.05) is 18.2 Å². The van der Waals surface area contributed by atoms with E-state index < -0.39 is 0 Å². The summed E-state index contributed by atoms with van der Waals surface area (Å²) in [5.41, 5.74) is 2.55. The average Bonchev–Trinajstić information content (AvgIpc) is 3.02. The van der Waals surface area contributed by atoms with E-state index in [0.717, 1.165) is 25.3 Å². The minimum atomic E-state index is 0.295. The Morgan fingerprint density at radius 2 is 2.00 bits per heavy atom. The molecule has 1 aliphatic carbocycles. The Kier molecular flexibility index (Phi) is 2.01. The van der Waals surface area contributed by atoms with Crippen LogP contribution < -0.4 is 4.90 Å². The number of hydrogen-bond acceptors (Lipinski definition) is 1. The van der Waals surface area contributed by atoms with E-state index in [0.29, 0.717) is 5.91 Å². The second-order valence-corrected chi connectivity index (χ2v) is 4.48. The lowest BCUT2D eigenvalue weighted by Gasteiger charge is -2.19. The van der Waals surface area contributed by atoms with Crippen LogP contribution in [0.15, 0.2) is 24.3 Å². The Hall–Kier alpha value is -1.31. The van der Waals surface area contributed by atoms with Gasteiger partial charge in [0.15, 0.2) is 0 Å². The van der Waals surface area contributed by atoms with Crippen LogP contribution in [0.25, 0.3) is 0 Å². The number of hydrogen-bond donors (Lipinski definition) is 0. The van der Waals surface area contributed by atoms with Crippen LogP contribution in [0.4, 0.5) is 5.69 Å². The van der Waals surface area contributed by atoms with Gasteiger partial charge >= 0.3 is 0 Å². The molecular formula is C13H15NO. The second kappa shape index (κ2) is 3.37. The fourth-order valence-corrected chi connectivity index (χ4v) is 2.38. The summed E-state index contributed by atoms with van der Waals surface area (Å²) in [6.45, 7) is 0.905. The van der Waals surface area contributed by atoms with Crippen molar-refractivity contribution in [1.82, 2.24) is 0 Å². The van der Waals surface area contributed by atoms with Crippen LogP contribution in [0.2, 0.25) is 0 Å². The van der Waals surface area contributed by atoms with Gasteiger partial charge in [-0.15, -0.1) is 0 Å². The smallest absolute Gasteiger partial charge is 0.227 e. The number of para-hydroxylation sites is 1. The first-order chi connectivity index (χ1) is 7.36. The predicted molar refractivity (Wildman–Crippen MR) is 60.0 cm³/mol. The molecule has 0 atom stereocenters.